The summed E-state index contributed by atoms with van der Waals surface area (Å²) in [4.78, 5) is 11.4. The number of halogens is 4. The molecule has 0 N–H and O–H groups in total. The third-order valence-corrected chi connectivity index (χ3v) is 3.39. The van der Waals surface area contributed by atoms with E-state index < -0.39 is 0 Å². The van der Waals surface area contributed by atoms with Crippen LogP contribution in [0.3, 0.4) is 0 Å². The van der Waals surface area contributed by atoms with Gasteiger partial charge in [-0.2, -0.15) is 0 Å². The molecule has 13 heavy (non-hydrogen) atoms. The lowest BCUT2D eigenvalue weighted by atomic mass is 10.1. The van der Waals surface area contributed by atoms with Crippen LogP contribution >= 0.6 is 54.5 Å². The molecule has 70 valence electrons. The minimum Gasteiger partial charge on any atom is -0.293 e. The molecule has 0 aliphatic heterocycles. The highest BCUT2D eigenvalue weighted by Gasteiger charge is 2.13. The van der Waals surface area contributed by atoms with Gasteiger partial charge in [0.05, 0.1) is 5.33 Å². The Morgan fingerprint density at radius 1 is 1.54 bits per heavy atom. The number of Topliss-reactive ketones (excluding diaryl/α,β-unsaturated/α-hetero) is 1. The predicted molar refractivity (Wildman–Crippen MR) is 64.9 cm³/mol. The SMILES string of the molecule is O=C(CBr)c1c(Br)cc(F)cc1I. The number of ketones is 1. The van der Waals surface area contributed by atoms with Crippen LogP contribution < -0.4 is 0 Å². The summed E-state index contributed by atoms with van der Waals surface area (Å²) in [5.74, 6) is -0.404. The molecular weight excluding hydrogens is 418 g/mol. The van der Waals surface area contributed by atoms with E-state index in [0.717, 1.165) is 0 Å². The van der Waals surface area contributed by atoms with E-state index in [9.17, 15) is 9.18 Å². The zero-order valence-electron chi connectivity index (χ0n) is 6.28. The highest BCUT2D eigenvalue weighted by Crippen LogP contribution is 2.24. The van der Waals surface area contributed by atoms with Crippen LogP contribution in [0.2, 0.25) is 0 Å². The van der Waals surface area contributed by atoms with Crippen molar-refractivity contribution in [3.05, 3.63) is 31.6 Å². The second-order valence-electron chi connectivity index (χ2n) is 2.30. The van der Waals surface area contributed by atoms with Crippen LogP contribution in [-0.2, 0) is 0 Å². The minimum absolute atomic E-state index is 0.0590. The Balaban J connectivity index is 3.28. The summed E-state index contributed by atoms with van der Waals surface area (Å²) in [5, 5.41) is 0.243. The summed E-state index contributed by atoms with van der Waals surface area (Å²) in [5.41, 5.74) is 0.527. The average Bonchev–Trinajstić information content (AvgIpc) is 2.02. The van der Waals surface area contributed by atoms with E-state index in [-0.39, 0.29) is 16.9 Å². The Morgan fingerprint density at radius 3 is 2.62 bits per heavy atom. The second-order valence-corrected chi connectivity index (χ2v) is 4.88. The van der Waals surface area contributed by atoms with Gasteiger partial charge in [-0.3, -0.25) is 4.79 Å². The van der Waals surface area contributed by atoms with E-state index in [0.29, 0.717) is 13.6 Å². The van der Waals surface area contributed by atoms with Crippen molar-refractivity contribution in [2.24, 2.45) is 0 Å². The van der Waals surface area contributed by atoms with Crippen LogP contribution in [0.15, 0.2) is 16.6 Å². The van der Waals surface area contributed by atoms with E-state index in [4.69, 9.17) is 0 Å². The molecule has 0 amide bonds. The largest absolute Gasteiger partial charge is 0.293 e. The highest BCUT2D eigenvalue weighted by molar-refractivity contribution is 14.1. The maximum absolute atomic E-state index is 12.8. The van der Waals surface area contributed by atoms with Gasteiger partial charge in [0.2, 0.25) is 0 Å². The zero-order chi connectivity index (χ0) is 10.0. The average molecular weight is 422 g/mol. The monoisotopic (exact) mass is 420 g/mol. The topological polar surface area (TPSA) is 17.1 Å². The van der Waals surface area contributed by atoms with Gasteiger partial charge in [0.1, 0.15) is 5.82 Å². The standard InChI is InChI=1S/C8H4Br2FIO/c9-3-7(13)8-5(10)1-4(11)2-6(8)12/h1-2H,3H2. The Bertz CT molecular complexity index is 331. The van der Waals surface area contributed by atoms with E-state index in [1.54, 1.807) is 0 Å². The normalized spacial score (nSPS) is 10.2. The fourth-order valence-electron chi connectivity index (χ4n) is 0.875. The Kier molecular flexibility index (Phi) is 4.31. The third kappa shape index (κ3) is 2.73. The Hall–Kier alpha value is 0.510. The molecule has 0 aliphatic rings. The van der Waals surface area contributed by atoms with E-state index >= 15 is 0 Å². The van der Waals surface area contributed by atoms with Crippen molar-refractivity contribution in [2.75, 3.05) is 5.33 Å². The van der Waals surface area contributed by atoms with E-state index in [2.05, 4.69) is 31.9 Å². The Morgan fingerprint density at radius 2 is 2.15 bits per heavy atom. The fourth-order valence-corrected chi connectivity index (χ4v) is 3.07. The van der Waals surface area contributed by atoms with Gasteiger partial charge in [-0.15, -0.1) is 0 Å². The first kappa shape index (κ1) is 11.6. The molecule has 0 fully saturated rings. The molecule has 0 heterocycles. The van der Waals surface area contributed by atoms with Gasteiger partial charge in [-0.05, 0) is 50.7 Å². The summed E-state index contributed by atoms with van der Waals surface area (Å²) in [7, 11) is 0. The molecule has 0 saturated carbocycles. The molecule has 0 radical (unpaired) electrons. The smallest absolute Gasteiger partial charge is 0.175 e. The Labute approximate surface area is 105 Å². The molecule has 0 unspecified atom stereocenters. The highest BCUT2D eigenvalue weighted by atomic mass is 127. The molecule has 0 spiro atoms. The summed E-state index contributed by atoms with van der Waals surface area (Å²) < 4.78 is 13.9. The van der Waals surface area contributed by atoms with E-state index in [1.807, 2.05) is 22.6 Å². The lowest BCUT2D eigenvalue weighted by molar-refractivity contribution is 0.102. The molecule has 0 bridgehead atoms. The molecule has 1 rings (SSSR count). The summed E-state index contributed by atoms with van der Waals surface area (Å²) in [6, 6.07) is 2.62. The van der Waals surface area contributed by atoms with E-state index in [1.165, 1.54) is 12.1 Å². The van der Waals surface area contributed by atoms with Gasteiger partial charge in [0, 0.05) is 13.6 Å². The molecule has 0 aliphatic carbocycles. The second kappa shape index (κ2) is 4.84. The van der Waals surface area contributed by atoms with Crippen LogP contribution in [0, 0.1) is 9.39 Å². The van der Waals surface area contributed by atoms with Crippen molar-refractivity contribution >= 4 is 60.2 Å². The maximum atomic E-state index is 12.8. The van der Waals surface area contributed by atoms with Crippen molar-refractivity contribution in [3.8, 4) is 0 Å². The number of hydrogen-bond donors (Lipinski definition) is 0. The molecule has 5 heteroatoms. The summed E-state index contributed by atoms with van der Waals surface area (Å²) in [6.07, 6.45) is 0. The molecule has 1 aromatic carbocycles. The van der Waals surface area contributed by atoms with Gasteiger partial charge in [-0.1, -0.05) is 15.9 Å². The number of hydrogen-bond acceptors (Lipinski definition) is 1. The van der Waals surface area contributed by atoms with Crippen molar-refractivity contribution in [1.82, 2.24) is 0 Å². The summed E-state index contributed by atoms with van der Waals surface area (Å²) >= 11 is 8.16. The van der Waals surface area contributed by atoms with Gasteiger partial charge >= 0.3 is 0 Å². The molecule has 0 atom stereocenters. The lowest BCUT2D eigenvalue weighted by Gasteiger charge is -2.04. The van der Waals surface area contributed by atoms with Gasteiger partial charge in [0.25, 0.3) is 0 Å². The third-order valence-electron chi connectivity index (χ3n) is 1.41. The number of alkyl halides is 1. The first-order valence-electron chi connectivity index (χ1n) is 3.30. The van der Waals surface area contributed by atoms with Crippen LogP contribution in [-0.4, -0.2) is 11.1 Å². The van der Waals surface area contributed by atoms with Crippen LogP contribution in [0.1, 0.15) is 10.4 Å². The maximum Gasteiger partial charge on any atom is 0.175 e. The van der Waals surface area contributed by atoms with Crippen molar-refractivity contribution in [2.45, 2.75) is 0 Å². The zero-order valence-corrected chi connectivity index (χ0v) is 11.6. The molecule has 1 nitrogen and oxygen atoms in total. The fraction of sp³-hybridized carbons (Fsp3) is 0.125. The molecule has 0 saturated heterocycles. The lowest BCUT2D eigenvalue weighted by Crippen LogP contribution is -2.04. The first-order chi connectivity index (χ1) is 6.06. The molecule has 0 aromatic heterocycles. The number of benzene rings is 1. The van der Waals surface area contributed by atoms with Crippen LogP contribution in [0.5, 0.6) is 0 Å². The number of rotatable bonds is 2. The van der Waals surface area contributed by atoms with Crippen LogP contribution in [0.4, 0.5) is 4.39 Å². The van der Waals surface area contributed by atoms with Crippen molar-refractivity contribution in [1.29, 1.82) is 0 Å². The molecule has 1 aromatic rings. The quantitative estimate of drug-likeness (QED) is 0.403. The predicted octanol–water partition coefficient (Wildman–Crippen LogP) is 3.77. The minimum atomic E-state index is -0.345. The molecular formula is C8H4Br2FIO. The van der Waals surface area contributed by atoms with Gasteiger partial charge in [-0.25, -0.2) is 4.39 Å². The van der Waals surface area contributed by atoms with Crippen molar-refractivity contribution in [3.63, 3.8) is 0 Å². The van der Waals surface area contributed by atoms with Gasteiger partial charge in [0.15, 0.2) is 5.78 Å². The van der Waals surface area contributed by atoms with Crippen LogP contribution in [0.25, 0.3) is 0 Å². The summed E-state index contributed by atoms with van der Waals surface area (Å²) in [6.45, 7) is 0. The number of carbonyl (C=O) groups excluding carboxylic acids is 1. The first-order valence-corrected chi connectivity index (χ1v) is 6.29. The van der Waals surface area contributed by atoms with Gasteiger partial charge < -0.3 is 0 Å². The number of carbonyl (C=O) groups is 1. The van der Waals surface area contributed by atoms with Crippen molar-refractivity contribution < 1.29 is 9.18 Å².